The topological polar surface area (TPSA) is 49.8 Å². The Bertz CT molecular complexity index is 329. The van der Waals surface area contributed by atoms with Crippen LogP contribution in [0.3, 0.4) is 0 Å². The number of nitrogens with zero attached hydrogens (tertiary/aromatic N) is 1. The predicted molar refractivity (Wildman–Crippen MR) is 69.6 cm³/mol. The Balaban J connectivity index is 1.89. The first-order valence-electron chi connectivity index (χ1n) is 6.94. The van der Waals surface area contributed by atoms with Gasteiger partial charge in [0.25, 0.3) is 0 Å². The molecule has 0 aliphatic carbocycles. The Morgan fingerprint density at radius 3 is 2.67 bits per heavy atom. The molecule has 104 valence electrons. The largest absolute Gasteiger partial charge is 0.481 e. The van der Waals surface area contributed by atoms with Crippen molar-refractivity contribution in [3.63, 3.8) is 0 Å². The lowest BCUT2D eigenvalue weighted by Crippen LogP contribution is -2.48. The first kappa shape index (κ1) is 13.8. The summed E-state index contributed by atoms with van der Waals surface area (Å²) in [5.41, 5.74) is -0.580. The molecule has 0 aromatic heterocycles. The van der Waals surface area contributed by atoms with Crippen molar-refractivity contribution in [2.24, 2.45) is 5.41 Å². The zero-order chi connectivity index (χ0) is 13.4. The average molecular weight is 255 g/mol. The van der Waals surface area contributed by atoms with E-state index in [0.717, 1.165) is 38.8 Å². The summed E-state index contributed by atoms with van der Waals surface area (Å²) in [6, 6.07) is 0. The fraction of sp³-hybridized carbons (Fsp3) is 0.929. The third-order valence-electron chi connectivity index (χ3n) is 4.31. The summed E-state index contributed by atoms with van der Waals surface area (Å²) < 4.78 is 5.99. The molecule has 0 saturated carbocycles. The lowest BCUT2D eigenvalue weighted by Gasteiger charge is -2.38. The minimum Gasteiger partial charge on any atom is -0.481 e. The van der Waals surface area contributed by atoms with Crippen molar-refractivity contribution in [2.75, 3.05) is 19.6 Å². The van der Waals surface area contributed by atoms with Crippen molar-refractivity contribution in [3.8, 4) is 0 Å². The molecule has 0 spiro atoms. The fourth-order valence-corrected chi connectivity index (χ4v) is 3.17. The van der Waals surface area contributed by atoms with Gasteiger partial charge in [-0.15, -0.1) is 0 Å². The van der Waals surface area contributed by atoms with Gasteiger partial charge in [0.15, 0.2) is 0 Å². The normalized spacial score (nSPS) is 36.7. The SMILES string of the molecule is CC1(C)CCC(CN2CCCC(C)(C(=O)O)C2)O1. The standard InChI is InChI=1S/C14H25NO3/c1-13(2)7-5-11(18-13)9-15-8-4-6-14(3,10-15)12(16)17/h11H,4-10H2,1-3H3,(H,16,17). The van der Waals surface area contributed by atoms with E-state index in [1.54, 1.807) is 0 Å². The maximum Gasteiger partial charge on any atom is 0.310 e. The molecule has 1 N–H and O–H groups in total. The number of aliphatic carboxylic acids is 1. The molecule has 2 saturated heterocycles. The zero-order valence-electron chi connectivity index (χ0n) is 11.7. The van der Waals surface area contributed by atoms with Crippen LogP contribution in [0.1, 0.15) is 46.5 Å². The Hall–Kier alpha value is -0.610. The van der Waals surface area contributed by atoms with Crippen LogP contribution < -0.4 is 0 Å². The number of likely N-dealkylation sites (tertiary alicyclic amines) is 1. The minimum atomic E-state index is -0.667. The summed E-state index contributed by atoms with van der Waals surface area (Å²) in [7, 11) is 0. The smallest absolute Gasteiger partial charge is 0.310 e. The highest BCUT2D eigenvalue weighted by Gasteiger charge is 2.39. The van der Waals surface area contributed by atoms with Crippen LogP contribution in [0.15, 0.2) is 0 Å². The third kappa shape index (κ3) is 3.04. The highest BCUT2D eigenvalue weighted by molar-refractivity contribution is 5.74. The molecule has 4 nitrogen and oxygen atoms in total. The van der Waals surface area contributed by atoms with Gasteiger partial charge >= 0.3 is 5.97 Å². The summed E-state index contributed by atoms with van der Waals surface area (Å²) in [6.07, 6.45) is 4.22. The van der Waals surface area contributed by atoms with Crippen molar-refractivity contribution < 1.29 is 14.6 Å². The van der Waals surface area contributed by atoms with Crippen molar-refractivity contribution in [3.05, 3.63) is 0 Å². The van der Waals surface area contributed by atoms with Gasteiger partial charge < -0.3 is 9.84 Å². The Morgan fingerprint density at radius 2 is 2.11 bits per heavy atom. The number of rotatable bonds is 3. The number of carboxylic acids is 1. The zero-order valence-corrected chi connectivity index (χ0v) is 11.7. The summed E-state index contributed by atoms with van der Waals surface area (Å²) in [5, 5.41) is 9.30. The van der Waals surface area contributed by atoms with Crippen LogP contribution in [0.2, 0.25) is 0 Å². The number of ether oxygens (including phenoxy) is 1. The monoisotopic (exact) mass is 255 g/mol. The lowest BCUT2D eigenvalue weighted by atomic mass is 9.82. The molecule has 0 bridgehead atoms. The number of hydrogen-bond acceptors (Lipinski definition) is 3. The van der Waals surface area contributed by atoms with Crippen molar-refractivity contribution in [2.45, 2.75) is 58.2 Å². The van der Waals surface area contributed by atoms with Crippen LogP contribution in [0.25, 0.3) is 0 Å². The molecule has 2 aliphatic heterocycles. The molecule has 4 heteroatoms. The van der Waals surface area contributed by atoms with E-state index in [9.17, 15) is 9.90 Å². The van der Waals surface area contributed by atoms with E-state index in [0.29, 0.717) is 6.54 Å². The van der Waals surface area contributed by atoms with Gasteiger partial charge in [0, 0.05) is 13.1 Å². The molecule has 18 heavy (non-hydrogen) atoms. The number of hydrogen-bond donors (Lipinski definition) is 1. The molecule has 2 unspecified atom stereocenters. The molecule has 0 aromatic carbocycles. The molecule has 0 amide bonds. The van der Waals surface area contributed by atoms with Gasteiger partial charge in [-0.25, -0.2) is 0 Å². The van der Waals surface area contributed by atoms with Crippen molar-refractivity contribution in [1.29, 1.82) is 0 Å². The second-order valence-electron chi connectivity index (χ2n) is 6.74. The number of carbonyl (C=O) groups is 1. The van der Waals surface area contributed by atoms with Gasteiger partial charge in [-0.1, -0.05) is 0 Å². The quantitative estimate of drug-likeness (QED) is 0.839. The van der Waals surface area contributed by atoms with E-state index in [1.165, 1.54) is 0 Å². The first-order valence-corrected chi connectivity index (χ1v) is 6.94. The van der Waals surface area contributed by atoms with E-state index < -0.39 is 11.4 Å². The molecule has 2 aliphatic rings. The summed E-state index contributed by atoms with van der Waals surface area (Å²) in [4.78, 5) is 13.6. The van der Waals surface area contributed by atoms with E-state index in [2.05, 4.69) is 18.7 Å². The molecular weight excluding hydrogens is 230 g/mol. The van der Waals surface area contributed by atoms with Crippen LogP contribution in [-0.4, -0.2) is 47.3 Å². The second kappa shape index (κ2) is 4.82. The van der Waals surface area contributed by atoms with Crippen molar-refractivity contribution >= 4 is 5.97 Å². The van der Waals surface area contributed by atoms with Crippen LogP contribution >= 0.6 is 0 Å². The van der Waals surface area contributed by atoms with Gasteiger partial charge in [-0.2, -0.15) is 0 Å². The summed E-state index contributed by atoms with van der Waals surface area (Å²) in [5.74, 6) is -0.667. The van der Waals surface area contributed by atoms with E-state index in [-0.39, 0.29) is 11.7 Å². The van der Waals surface area contributed by atoms with Gasteiger partial charge in [0.1, 0.15) is 0 Å². The Morgan fingerprint density at radius 1 is 1.39 bits per heavy atom. The molecule has 0 radical (unpaired) electrons. The molecule has 0 aromatic rings. The third-order valence-corrected chi connectivity index (χ3v) is 4.31. The van der Waals surface area contributed by atoms with Gasteiger partial charge in [-0.3, -0.25) is 9.69 Å². The summed E-state index contributed by atoms with van der Waals surface area (Å²) in [6.45, 7) is 8.66. The van der Waals surface area contributed by atoms with Crippen LogP contribution in [0.4, 0.5) is 0 Å². The van der Waals surface area contributed by atoms with Gasteiger partial charge in [-0.05, 0) is 53.0 Å². The minimum absolute atomic E-state index is 0.00342. The highest BCUT2D eigenvalue weighted by atomic mass is 16.5. The molecule has 2 fully saturated rings. The Kier molecular flexibility index (Phi) is 3.70. The van der Waals surface area contributed by atoms with Crippen molar-refractivity contribution in [1.82, 2.24) is 4.90 Å². The average Bonchev–Trinajstić information content (AvgIpc) is 2.58. The fourth-order valence-electron chi connectivity index (χ4n) is 3.17. The number of piperidine rings is 1. The maximum absolute atomic E-state index is 11.3. The first-order chi connectivity index (χ1) is 8.31. The number of carboxylic acid groups (broad SMARTS) is 1. The van der Waals surface area contributed by atoms with Crippen LogP contribution in [0, 0.1) is 5.41 Å². The second-order valence-corrected chi connectivity index (χ2v) is 6.74. The Labute approximate surface area is 109 Å². The van der Waals surface area contributed by atoms with E-state index in [1.807, 2.05) is 6.92 Å². The summed E-state index contributed by atoms with van der Waals surface area (Å²) >= 11 is 0. The predicted octanol–water partition coefficient (Wildman–Crippen LogP) is 2.13. The lowest BCUT2D eigenvalue weighted by molar-refractivity contribution is -0.151. The molecule has 2 heterocycles. The van der Waals surface area contributed by atoms with Gasteiger partial charge in [0.05, 0.1) is 17.1 Å². The highest BCUT2D eigenvalue weighted by Crippen LogP contribution is 2.33. The van der Waals surface area contributed by atoms with Crippen LogP contribution in [-0.2, 0) is 9.53 Å². The maximum atomic E-state index is 11.3. The molecule has 2 rings (SSSR count). The molecule has 2 atom stereocenters. The molecular formula is C14H25NO3. The van der Waals surface area contributed by atoms with E-state index >= 15 is 0 Å². The van der Waals surface area contributed by atoms with Gasteiger partial charge in [0.2, 0.25) is 0 Å². The van der Waals surface area contributed by atoms with Crippen LogP contribution in [0.5, 0.6) is 0 Å². The van der Waals surface area contributed by atoms with E-state index in [4.69, 9.17) is 4.74 Å².